The van der Waals surface area contributed by atoms with E-state index in [0.717, 1.165) is 16.7 Å². The Hall–Kier alpha value is -1.81. The molecule has 0 bridgehead atoms. The Balaban J connectivity index is 2.68. The first-order valence-corrected chi connectivity index (χ1v) is 7.21. The molecule has 0 aliphatic carbocycles. The van der Waals surface area contributed by atoms with Crippen LogP contribution in [-0.4, -0.2) is 22.0 Å². The second-order valence-electron chi connectivity index (χ2n) is 5.99. The monoisotopic (exact) mass is 288 g/mol. The molecule has 0 saturated heterocycles. The minimum absolute atomic E-state index is 0.139. The zero-order valence-corrected chi connectivity index (χ0v) is 13.6. The quantitative estimate of drug-likeness (QED) is 0.938. The number of nitrogens with zero attached hydrogens (tertiary/aromatic N) is 2. The summed E-state index contributed by atoms with van der Waals surface area (Å²) >= 11 is 0. The molecule has 0 saturated carbocycles. The Bertz CT molecular complexity index is 642. The lowest BCUT2D eigenvalue weighted by atomic mass is 9.87. The first kappa shape index (κ1) is 15.6. The number of aromatic nitrogens is 2. The van der Waals surface area contributed by atoms with Crippen molar-refractivity contribution in [3.8, 4) is 5.75 Å². The molecule has 2 rings (SSSR count). The summed E-state index contributed by atoms with van der Waals surface area (Å²) in [6.45, 7) is 9.90. The molecule has 1 unspecified atom stereocenters. The van der Waals surface area contributed by atoms with Crippen LogP contribution in [0.15, 0.2) is 24.4 Å². The zero-order chi connectivity index (χ0) is 15.8. The van der Waals surface area contributed by atoms with Crippen LogP contribution in [0.1, 0.15) is 49.2 Å². The van der Waals surface area contributed by atoms with Gasteiger partial charge in [0.15, 0.2) is 5.75 Å². The maximum absolute atomic E-state index is 11.3. The maximum Gasteiger partial charge on any atom is 0.163 e. The second kappa shape index (κ2) is 5.53. The number of hydrogen-bond donors (Lipinski definition) is 1. The van der Waals surface area contributed by atoms with Crippen LogP contribution < -0.4 is 4.74 Å². The van der Waals surface area contributed by atoms with Crippen LogP contribution >= 0.6 is 0 Å². The smallest absolute Gasteiger partial charge is 0.163 e. The van der Waals surface area contributed by atoms with Crippen LogP contribution in [0.2, 0.25) is 0 Å². The van der Waals surface area contributed by atoms with E-state index in [-0.39, 0.29) is 6.04 Å². The Kier molecular flexibility index (Phi) is 4.10. The van der Waals surface area contributed by atoms with Crippen LogP contribution in [0.4, 0.5) is 0 Å². The van der Waals surface area contributed by atoms with E-state index in [1.807, 2.05) is 50.6 Å². The molecule has 1 aromatic heterocycles. The van der Waals surface area contributed by atoms with Gasteiger partial charge in [0.25, 0.3) is 0 Å². The van der Waals surface area contributed by atoms with Gasteiger partial charge in [-0.25, -0.2) is 0 Å². The van der Waals surface area contributed by atoms with Crippen molar-refractivity contribution < 1.29 is 9.84 Å². The zero-order valence-electron chi connectivity index (χ0n) is 13.6. The lowest BCUT2D eigenvalue weighted by Crippen LogP contribution is -2.29. The fourth-order valence-electron chi connectivity index (χ4n) is 2.74. The van der Waals surface area contributed by atoms with Gasteiger partial charge in [0.2, 0.25) is 0 Å². The molecular formula is C17H24N2O2. The summed E-state index contributed by atoms with van der Waals surface area (Å²) in [5.41, 5.74) is 2.56. The fraction of sp³-hybridized carbons (Fsp3) is 0.471. The largest absolute Gasteiger partial charge is 0.493 e. The summed E-state index contributed by atoms with van der Waals surface area (Å²) in [6.07, 6.45) is 1.66. The summed E-state index contributed by atoms with van der Waals surface area (Å²) in [6, 6.07) is 6.24. The molecule has 1 N–H and O–H groups in total. The Labute approximate surface area is 126 Å². The minimum atomic E-state index is -1.16. The van der Waals surface area contributed by atoms with E-state index in [0.29, 0.717) is 11.4 Å². The van der Waals surface area contributed by atoms with E-state index >= 15 is 0 Å². The normalized spacial score (nSPS) is 14.3. The van der Waals surface area contributed by atoms with Crippen LogP contribution in [0.5, 0.6) is 5.75 Å². The summed E-state index contributed by atoms with van der Waals surface area (Å²) < 4.78 is 7.23. The lowest BCUT2D eigenvalue weighted by Gasteiger charge is -2.29. The summed E-state index contributed by atoms with van der Waals surface area (Å²) in [5, 5.41) is 15.6. The van der Waals surface area contributed by atoms with Gasteiger partial charge in [0, 0.05) is 6.04 Å². The molecule has 0 spiro atoms. The van der Waals surface area contributed by atoms with Crippen molar-refractivity contribution in [3.05, 3.63) is 46.8 Å². The van der Waals surface area contributed by atoms with E-state index in [1.165, 1.54) is 0 Å². The first-order valence-electron chi connectivity index (χ1n) is 7.21. The van der Waals surface area contributed by atoms with Gasteiger partial charge in [0.1, 0.15) is 11.3 Å². The Morgan fingerprint density at radius 3 is 2.52 bits per heavy atom. The predicted octanol–water partition coefficient (Wildman–Crippen LogP) is 3.35. The highest BCUT2D eigenvalue weighted by Crippen LogP contribution is 2.38. The van der Waals surface area contributed by atoms with E-state index in [9.17, 15) is 5.11 Å². The average molecular weight is 288 g/mol. The number of ether oxygens (including phenoxy) is 1. The molecule has 0 radical (unpaired) electrons. The standard InChI is InChI=1S/C17H24N2O2/c1-11(2)19-16(15(21-6)10-18-19)17(5,20)14-9-12(3)7-8-13(14)4/h7-11,20H,1-6H3. The van der Waals surface area contributed by atoms with E-state index < -0.39 is 5.60 Å². The van der Waals surface area contributed by atoms with E-state index in [4.69, 9.17) is 4.74 Å². The van der Waals surface area contributed by atoms with Gasteiger partial charge in [-0.3, -0.25) is 4.68 Å². The number of aryl methyl sites for hydroxylation is 2. The van der Waals surface area contributed by atoms with Crippen molar-refractivity contribution in [2.45, 2.75) is 46.3 Å². The van der Waals surface area contributed by atoms with Crippen molar-refractivity contribution in [1.29, 1.82) is 0 Å². The fourth-order valence-corrected chi connectivity index (χ4v) is 2.74. The highest BCUT2D eigenvalue weighted by Gasteiger charge is 2.35. The van der Waals surface area contributed by atoms with Crippen LogP contribution in [0.25, 0.3) is 0 Å². The molecule has 4 nitrogen and oxygen atoms in total. The molecule has 1 heterocycles. The van der Waals surface area contributed by atoms with Gasteiger partial charge in [-0.15, -0.1) is 0 Å². The minimum Gasteiger partial charge on any atom is -0.493 e. The van der Waals surface area contributed by atoms with Gasteiger partial charge < -0.3 is 9.84 Å². The van der Waals surface area contributed by atoms with Gasteiger partial charge in [-0.2, -0.15) is 5.10 Å². The molecule has 21 heavy (non-hydrogen) atoms. The molecule has 4 heteroatoms. The van der Waals surface area contributed by atoms with Crippen molar-refractivity contribution in [2.24, 2.45) is 0 Å². The van der Waals surface area contributed by atoms with Crippen LogP contribution in [0.3, 0.4) is 0 Å². The third-order valence-corrected chi connectivity index (χ3v) is 3.85. The SMILES string of the molecule is COc1cnn(C(C)C)c1C(C)(O)c1cc(C)ccc1C. The third-order valence-electron chi connectivity index (χ3n) is 3.85. The molecule has 0 fully saturated rings. The molecule has 0 amide bonds. The van der Waals surface area contributed by atoms with Crippen LogP contribution in [-0.2, 0) is 5.60 Å². The number of methoxy groups -OCH3 is 1. The van der Waals surface area contributed by atoms with Gasteiger partial charge in [0.05, 0.1) is 13.3 Å². The summed E-state index contributed by atoms with van der Waals surface area (Å²) in [5.74, 6) is 0.606. The maximum atomic E-state index is 11.3. The highest BCUT2D eigenvalue weighted by molar-refractivity contribution is 5.44. The summed E-state index contributed by atoms with van der Waals surface area (Å²) in [7, 11) is 1.60. The van der Waals surface area contributed by atoms with Crippen molar-refractivity contribution in [3.63, 3.8) is 0 Å². The topological polar surface area (TPSA) is 47.3 Å². The van der Waals surface area contributed by atoms with E-state index in [1.54, 1.807) is 20.2 Å². The van der Waals surface area contributed by atoms with Crippen LogP contribution in [0, 0.1) is 13.8 Å². The lowest BCUT2D eigenvalue weighted by molar-refractivity contribution is 0.0861. The molecule has 0 aliphatic rings. The molecule has 1 aromatic carbocycles. The molecule has 0 aliphatic heterocycles. The number of rotatable bonds is 4. The predicted molar refractivity (Wildman–Crippen MR) is 83.8 cm³/mol. The summed E-state index contributed by atoms with van der Waals surface area (Å²) in [4.78, 5) is 0. The Morgan fingerprint density at radius 2 is 1.95 bits per heavy atom. The number of aliphatic hydroxyl groups is 1. The number of hydrogen-bond acceptors (Lipinski definition) is 3. The van der Waals surface area contributed by atoms with Gasteiger partial charge >= 0.3 is 0 Å². The first-order chi connectivity index (χ1) is 9.78. The van der Waals surface area contributed by atoms with Crippen molar-refractivity contribution in [1.82, 2.24) is 9.78 Å². The third kappa shape index (κ3) is 2.68. The molecular weight excluding hydrogens is 264 g/mol. The second-order valence-corrected chi connectivity index (χ2v) is 5.99. The molecule has 1 atom stereocenters. The van der Waals surface area contributed by atoms with Crippen molar-refractivity contribution in [2.75, 3.05) is 7.11 Å². The average Bonchev–Trinajstić information content (AvgIpc) is 2.86. The molecule has 2 aromatic rings. The Morgan fingerprint density at radius 1 is 1.29 bits per heavy atom. The van der Waals surface area contributed by atoms with Gasteiger partial charge in [-0.1, -0.05) is 23.8 Å². The van der Waals surface area contributed by atoms with Crippen molar-refractivity contribution >= 4 is 0 Å². The molecule has 114 valence electrons. The highest BCUT2D eigenvalue weighted by atomic mass is 16.5. The van der Waals surface area contributed by atoms with E-state index in [2.05, 4.69) is 5.10 Å². The number of benzene rings is 1. The van der Waals surface area contributed by atoms with Gasteiger partial charge in [-0.05, 0) is 45.7 Å².